The lowest BCUT2D eigenvalue weighted by Crippen LogP contribution is -2.27. The average Bonchev–Trinajstić information content (AvgIpc) is 2.45. The highest BCUT2D eigenvalue weighted by atomic mass is 16.6. The minimum Gasteiger partial charge on any atom is -0.468 e. The minimum atomic E-state index is -0.573. The van der Waals surface area contributed by atoms with E-state index in [4.69, 9.17) is 0 Å². The number of nitrogens with zero attached hydrogens (tertiary/aromatic N) is 2. The predicted octanol–water partition coefficient (Wildman–Crippen LogP) is 0.564. The number of hydrogen-bond donors (Lipinski definition) is 1. The second-order valence-corrected chi connectivity index (χ2v) is 3.97. The molecule has 0 unspecified atom stereocenters. The van der Waals surface area contributed by atoms with Crippen LogP contribution in [0.25, 0.3) is 0 Å². The predicted molar refractivity (Wildman–Crippen MR) is 71.8 cm³/mol. The molecule has 0 spiro atoms. The van der Waals surface area contributed by atoms with Crippen molar-refractivity contribution in [3.05, 3.63) is 33.9 Å². The third kappa shape index (κ3) is 3.44. The van der Waals surface area contributed by atoms with Gasteiger partial charge in [0, 0.05) is 25.7 Å². The van der Waals surface area contributed by atoms with Gasteiger partial charge in [0.1, 0.15) is 12.2 Å². The molecule has 0 bridgehead atoms. The molecule has 20 heavy (non-hydrogen) atoms. The fourth-order valence-electron chi connectivity index (χ4n) is 1.61. The Morgan fingerprint density at radius 1 is 1.45 bits per heavy atom. The molecule has 108 valence electrons. The molecule has 1 aromatic carbocycles. The highest BCUT2D eigenvalue weighted by Gasteiger charge is 2.21. The number of rotatable bonds is 5. The maximum atomic E-state index is 11.6. The number of anilines is 1. The molecule has 8 nitrogen and oxygen atoms in total. The van der Waals surface area contributed by atoms with Crippen molar-refractivity contribution < 1.29 is 19.2 Å². The Kier molecular flexibility index (Phi) is 5.01. The number of methoxy groups -OCH3 is 1. The van der Waals surface area contributed by atoms with E-state index in [1.807, 2.05) is 0 Å². The van der Waals surface area contributed by atoms with E-state index >= 15 is 0 Å². The summed E-state index contributed by atoms with van der Waals surface area (Å²) >= 11 is 0. The van der Waals surface area contributed by atoms with Crippen molar-refractivity contribution in [2.75, 3.05) is 32.6 Å². The number of hydrogen-bond acceptors (Lipinski definition) is 6. The van der Waals surface area contributed by atoms with Gasteiger partial charge in [0.15, 0.2) is 0 Å². The van der Waals surface area contributed by atoms with Crippen LogP contribution in [0.3, 0.4) is 0 Å². The third-order valence-corrected chi connectivity index (χ3v) is 2.67. The molecule has 0 fully saturated rings. The topological polar surface area (TPSA) is 102 Å². The summed E-state index contributed by atoms with van der Waals surface area (Å²) in [7, 11) is 4.19. The lowest BCUT2D eigenvalue weighted by atomic mass is 10.1. The van der Waals surface area contributed by atoms with Gasteiger partial charge in [-0.1, -0.05) is 0 Å². The molecular formula is C12H15N3O5. The molecular weight excluding hydrogens is 266 g/mol. The summed E-state index contributed by atoms with van der Waals surface area (Å²) in [5.74, 6) is -0.903. The summed E-state index contributed by atoms with van der Waals surface area (Å²) < 4.78 is 4.51. The second-order valence-electron chi connectivity index (χ2n) is 3.97. The zero-order valence-corrected chi connectivity index (χ0v) is 11.4. The highest BCUT2D eigenvalue weighted by Crippen LogP contribution is 2.28. The first-order chi connectivity index (χ1) is 9.40. The van der Waals surface area contributed by atoms with Crippen molar-refractivity contribution in [2.45, 2.75) is 0 Å². The molecule has 0 aliphatic rings. The van der Waals surface area contributed by atoms with Gasteiger partial charge in [0.25, 0.3) is 11.6 Å². The third-order valence-electron chi connectivity index (χ3n) is 2.67. The number of esters is 1. The largest absolute Gasteiger partial charge is 0.468 e. The Bertz CT molecular complexity index is 544. The molecule has 1 N–H and O–H groups in total. The Morgan fingerprint density at radius 2 is 2.10 bits per heavy atom. The molecule has 0 heterocycles. The molecule has 0 aromatic heterocycles. The standard InChI is InChI=1S/C12H15N3O5/c1-13-12(17)8-4-5-9(15(18)19)10(6-8)14(2)7-11(16)20-3/h4-6H,7H2,1-3H3,(H,13,17). The van der Waals surface area contributed by atoms with Gasteiger partial charge < -0.3 is 15.0 Å². The normalized spacial score (nSPS) is 9.75. The highest BCUT2D eigenvalue weighted by molar-refractivity contribution is 5.96. The number of benzene rings is 1. The number of nitro groups is 1. The van der Waals surface area contributed by atoms with Crippen molar-refractivity contribution in [3.8, 4) is 0 Å². The molecule has 1 aromatic rings. The first-order valence-corrected chi connectivity index (χ1v) is 5.69. The van der Waals surface area contributed by atoms with Gasteiger partial charge in [0.05, 0.1) is 12.0 Å². The maximum Gasteiger partial charge on any atom is 0.325 e. The molecule has 8 heteroatoms. The smallest absolute Gasteiger partial charge is 0.325 e. The minimum absolute atomic E-state index is 0.158. The molecule has 0 aliphatic heterocycles. The molecule has 0 radical (unpaired) electrons. The average molecular weight is 281 g/mol. The zero-order chi connectivity index (χ0) is 15.3. The second kappa shape index (κ2) is 6.50. The van der Waals surface area contributed by atoms with Gasteiger partial charge in [-0.2, -0.15) is 0 Å². The van der Waals surface area contributed by atoms with E-state index in [2.05, 4.69) is 10.1 Å². The van der Waals surface area contributed by atoms with E-state index in [1.54, 1.807) is 0 Å². The van der Waals surface area contributed by atoms with Crippen LogP contribution in [0.1, 0.15) is 10.4 Å². The van der Waals surface area contributed by atoms with Crippen molar-refractivity contribution in [1.82, 2.24) is 5.32 Å². The Balaban J connectivity index is 3.21. The van der Waals surface area contributed by atoms with E-state index in [0.29, 0.717) is 0 Å². The fraction of sp³-hybridized carbons (Fsp3) is 0.333. The lowest BCUT2D eigenvalue weighted by molar-refractivity contribution is -0.384. The fourth-order valence-corrected chi connectivity index (χ4v) is 1.61. The molecule has 1 rings (SSSR count). The molecule has 0 saturated heterocycles. The summed E-state index contributed by atoms with van der Waals surface area (Å²) in [6, 6.07) is 3.94. The van der Waals surface area contributed by atoms with Crippen molar-refractivity contribution in [2.24, 2.45) is 0 Å². The molecule has 0 atom stereocenters. The van der Waals surface area contributed by atoms with Crippen molar-refractivity contribution >= 4 is 23.3 Å². The van der Waals surface area contributed by atoms with Crippen LogP contribution in [0, 0.1) is 10.1 Å². The number of carbonyl (C=O) groups is 2. The van der Waals surface area contributed by atoms with Crippen LogP contribution in [-0.2, 0) is 9.53 Å². The molecule has 1 amide bonds. The van der Waals surface area contributed by atoms with E-state index in [1.165, 1.54) is 44.3 Å². The van der Waals surface area contributed by atoms with Gasteiger partial charge in [-0.15, -0.1) is 0 Å². The van der Waals surface area contributed by atoms with Crippen LogP contribution in [0.2, 0.25) is 0 Å². The van der Waals surface area contributed by atoms with Gasteiger partial charge in [-0.25, -0.2) is 0 Å². The van der Waals surface area contributed by atoms with Gasteiger partial charge in [-0.3, -0.25) is 19.7 Å². The Labute approximate surface area is 115 Å². The van der Waals surface area contributed by atoms with Crippen molar-refractivity contribution in [1.29, 1.82) is 0 Å². The number of nitrogens with one attached hydrogen (secondary N) is 1. The zero-order valence-electron chi connectivity index (χ0n) is 11.4. The van der Waals surface area contributed by atoms with Crippen molar-refractivity contribution in [3.63, 3.8) is 0 Å². The van der Waals surface area contributed by atoms with Crippen LogP contribution in [0.4, 0.5) is 11.4 Å². The number of likely N-dealkylation sites (N-methyl/N-ethyl adjacent to an activating group) is 1. The Hall–Kier alpha value is -2.64. The molecule has 0 saturated carbocycles. The summed E-state index contributed by atoms with van der Waals surface area (Å²) in [6.45, 7) is -0.158. The summed E-state index contributed by atoms with van der Waals surface area (Å²) in [5.41, 5.74) is 0.246. The van der Waals surface area contributed by atoms with E-state index in [-0.39, 0.29) is 29.4 Å². The van der Waals surface area contributed by atoms with Crippen LogP contribution in [-0.4, -0.2) is 44.5 Å². The Morgan fingerprint density at radius 3 is 2.60 bits per heavy atom. The number of amides is 1. The summed E-state index contributed by atoms with van der Waals surface area (Å²) in [5, 5.41) is 13.4. The van der Waals surface area contributed by atoms with Gasteiger partial charge in [-0.05, 0) is 12.1 Å². The maximum absolute atomic E-state index is 11.6. The van der Waals surface area contributed by atoms with E-state index < -0.39 is 10.9 Å². The van der Waals surface area contributed by atoms with E-state index in [0.717, 1.165) is 0 Å². The van der Waals surface area contributed by atoms with Crippen LogP contribution in [0.5, 0.6) is 0 Å². The molecule has 0 aliphatic carbocycles. The summed E-state index contributed by atoms with van der Waals surface area (Å²) in [6.07, 6.45) is 0. The SMILES string of the molecule is CNC(=O)c1ccc([N+](=O)[O-])c(N(C)CC(=O)OC)c1. The summed E-state index contributed by atoms with van der Waals surface area (Å²) in [4.78, 5) is 34.6. The number of carbonyl (C=O) groups excluding carboxylic acids is 2. The van der Waals surface area contributed by atoms with Crippen LogP contribution >= 0.6 is 0 Å². The number of ether oxygens (including phenoxy) is 1. The van der Waals surface area contributed by atoms with Crippen LogP contribution < -0.4 is 10.2 Å². The monoisotopic (exact) mass is 281 g/mol. The van der Waals surface area contributed by atoms with Gasteiger partial charge >= 0.3 is 5.97 Å². The quantitative estimate of drug-likeness (QED) is 0.481. The van der Waals surface area contributed by atoms with E-state index in [9.17, 15) is 19.7 Å². The van der Waals surface area contributed by atoms with Crippen LogP contribution in [0.15, 0.2) is 18.2 Å². The van der Waals surface area contributed by atoms with Gasteiger partial charge in [0.2, 0.25) is 0 Å². The lowest BCUT2D eigenvalue weighted by Gasteiger charge is -2.18. The number of nitro benzene ring substituents is 1. The first kappa shape index (κ1) is 15.4. The first-order valence-electron chi connectivity index (χ1n) is 5.69.